The van der Waals surface area contributed by atoms with Gasteiger partial charge >= 0.3 is 0 Å². The van der Waals surface area contributed by atoms with E-state index in [2.05, 4.69) is 22.3 Å². The number of benzene rings is 1. The fraction of sp³-hybridized carbons (Fsp3) is 0.455. The third-order valence-electron chi connectivity index (χ3n) is 5.62. The van der Waals surface area contributed by atoms with Crippen LogP contribution in [0.5, 0.6) is 0 Å². The molecule has 0 radical (unpaired) electrons. The van der Waals surface area contributed by atoms with Gasteiger partial charge in [0.05, 0.1) is 18.7 Å². The molecule has 4 rings (SSSR count). The number of carbonyl (C=O) groups is 2. The predicted octanol–water partition coefficient (Wildman–Crippen LogP) is 3.65. The lowest BCUT2D eigenvalue weighted by Crippen LogP contribution is -2.28. The average Bonchev–Trinajstić information content (AvgIpc) is 3.25. The molecule has 28 heavy (non-hydrogen) atoms. The Bertz CT molecular complexity index is 793. The van der Waals surface area contributed by atoms with Crippen molar-refractivity contribution in [1.29, 1.82) is 0 Å². The van der Waals surface area contributed by atoms with Crippen molar-refractivity contribution in [1.82, 2.24) is 4.90 Å². The summed E-state index contributed by atoms with van der Waals surface area (Å²) in [6.45, 7) is 3.04. The van der Waals surface area contributed by atoms with Crippen LogP contribution in [0.4, 0.5) is 11.4 Å². The molecule has 3 heterocycles. The van der Waals surface area contributed by atoms with E-state index in [1.807, 2.05) is 18.2 Å². The molecule has 0 spiro atoms. The minimum absolute atomic E-state index is 0.00642. The van der Waals surface area contributed by atoms with Crippen LogP contribution in [-0.2, 0) is 16.1 Å². The average molecular weight is 381 g/mol. The Balaban J connectivity index is 1.32. The highest BCUT2D eigenvalue weighted by molar-refractivity contribution is 5.97. The van der Waals surface area contributed by atoms with Crippen molar-refractivity contribution in [3.05, 3.63) is 48.4 Å². The molecule has 6 heteroatoms. The van der Waals surface area contributed by atoms with Gasteiger partial charge in [0.25, 0.3) is 0 Å². The molecule has 148 valence electrons. The maximum Gasteiger partial charge on any atom is 0.229 e. The SMILES string of the molecule is O=C(Nc1ccc(N2CCCCCC2)cc1)C1CC(=O)N(Cc2ccco2)C1. The zero-order chi connectivity index (χ0) is 19.3. The molecular formula is C22H27N3O3. The highest BCUT2D eigenvalue weighted by atomic mass is 16.3. The Labute approximate surface area is 165 Å². The molecule has 2 amide bonds. The van der Waals surface area contributed by atoms with Crippen LogP contribution in [0.3, 0.4) is 0 Å². The van der Waals surface area contributed by atoms with Crippen LogP contribution in [0.25, 0.3) is 0 Å². The number of hydrogen-bond donors (Lipinski definition) is 1. The standard InChI is InChI=1S/C22H27N3O3/c26-21-14-17(15-25(21)16-20-6-5-13-28-20)22(27)23-18-7-9-19(10-8-18)24-11-3-1-2-4-12-24/h5-10,13,17H,1-4,11-12,14-16H2,(H,23,27). The van der Waals surface area contributed by atoms with Gasteiger partial charge in [0, 0.05) is 37.4 Å². The van der Waals surface area contributed by atoms with Gasteiger partial charge in [-0.1, -0.05) is 12.8 Å². The lowest BCUT2D eigenvalue weighted by molar-refractivity contribution is -0.128. The molecule has 1 N–H and O–H groups in total. The molecule has 2 fully saturated rings. The van der Waals surface area contributed by atoms with Crippen LogP contribution in [0, 0.1) is 5.92 Å². The Morgan fingerprint density at radius 1 is 1.07 bits per heavy atom. The van der Waals surface area contributed by atoms with Crippen LogP contribution in [0.2, 0.25) is 0 Å². The van der Waals surface area contributed by atoms with Crippen molar-refractivity contribution in [2.75, 3.05) is 29.9 Å². The first-order valence-electron chi connectivity index (χ1n) is 10.1. The second-order valence-electron chi connectivity index (χ2n) is 7.69. The molecule has 2 aliphatic heterocycles. The Kier molecular flexibility index (Phi) is 5.65. The highest BCUT2D eigenvalue weighted by Gasteiger charge is 2.34. The largest absolute Gasteiger partial charge is 0.467 e. The van der Waals surface area contributed by atoms with Gasteiger partial charge < -0.3 is 19.5 Å². The van der Waals surface area contributed by atoms with Crippen molar-refractivity contribution in [2.45, 2.75) is 38.6 Å². The number of likely N-dealkylation sites (tertiary alicyclic amines) is 1. The van der Waals surface area contributed by atoms with Gasteiger partial charge in [-0.3, -0.25) is 9.59 Å². The van der Waals surface area contributed by atoms with E-state index in [1.165, 1.54) is 31.4 Å². The summed E-state index contributed by atoms with van der Waals surface area (Å²) in [7, 11) is 0. The molecule has 0 aliphatic carbocycles. The summed E-state index contributed by atoms with van der Waals surface area (Å²) >= 11 is 0. The number of hydrogen-bond acceptors (Lipinski definition) is 4. The van der Waals surface area contributed by atoms with Crippen LogP contribution < -0.4 is 10.2 Å². The molecule has 1 aromatic carbocycles. The summed E-state index contributed by atoms with van der Waals surface area (Å²) in [6, 6.07) is 11.7. The van der Waals surface area contributed by atoms with Crippen molar-refractivity contribution >= 4 is 23.2 Å². The molecule has 0 bridgehead atoms. The number of nitrogens with one attached hydrogen (secondary N) is 1. The summed E-state index contributed by atoms with van der Waals surface area (Å²) in [5.74, 6) is 0.303. The maximum absolute atomic E-state index is 12.6. The van der Waals surface area contributed by atoms with Gasteiger partial charge in [-0.25, -0.2) is 0 Å². The van der Waals surface area contributed by atoms with Gasteiger partial charge in [-0.05, 0) is 49.2 Å². The van der Waals surface area contributed by atoms with Crippen molar-refractivity contribution in [2.24, 2.45) is 5.92 Å². The zero-order valence-electron chi connectivity index (χ0n) is 16.1. The first kappa shape index (κ1) is 18.6. The van der Waals surface area contributed by atoms with E-state index in [9.17, 15) is 9.59 Å². The second kappa shape index (κ2) is 8.50. The quantitative estimate of drug-likeness (QED) is 0.859. The zero-order valence-corrected chi connectivity index (χ0v) is 16.1. The van der Waals surface area contributed by atoms with Crippen molar-refractivity contribution in [3.63, 3.8) is 0 Å². The Morgan fingerprint density at radius 2 is 1.82 bits per heavy atom. The minimum Gasteiger partial charge on any atom is -0.467 e. The number of anilines is 2. The maximum atomic E-state index is 12.6. The predicted molar refractivity (Wildman–Crippen MR) is 108 cm³/mol. The van der Waals surface area contributed by atoms with Crippen LogP contribution in [0.15, 0.2) is 47.1 Å². The van der Waals surface area contributed by atoms with Crippen molar-refractivity contribution in [3.8, 4) is 0 Å². The number of rotatable bonds is 5. The number of carbonyl (C=O) groups excluding carboxylic acids is 2. The van der Waals surface area contributed by atoms with E-state index >= 15 is 0 Å². The summed E-state index contributed by atoms with van der Waals surface area (Å²) in [5, 5.41) is 2.97. The number of amides is 2. The van der Waals surface area contributed by atoms with E-state index in [1.54, 1.807) is 17.2 Å². The number of nitrogens with zero attached hydrogens (tertiary/aromatic N) is 2. The Morgan fingerprint density at radius 3 is 2.50 bits per heavy atom. The third kappa shape index (κ3) is 4.38. The highest BCUT2D eigenvalue weighted by Crippen LogP contribution is 2.24. The Hall–Kier alpha value is -2.76. The van der Waals surface area contributed by atoms with Gasteiger partial charge in [-0.2, -0.15) is 0 Å². The van der Waals surface area contributed by atoms with Gasteiger partial charge in [0.1, 0.15) is 5.76 Å². The molecule has 2 saturated heterocycles. The van der Waals surface area contributed by atoms with E-state index < -0.39 is 0 Å². The van der Waals surface area contributed by atoms with Crippen LogP contribution in [-0.4, -0.2) is 36.3 Å². The van der Waals surface area contributed by atoms with Gasteiger partial charge in [-0.15, -0.1) is 0 Å². The van der Waals surface area contributed by atoms with E-state index in [0.29, 0.717) is 13.1 Å². The molecular weight excluding hydrogens is 354 g/mol. The molecule has 1 aromatic heterocycles. The van der Waals surface area contributed by atoms with Crippen LogP contribution in [0.1, 0.15) is 37.9 Å². The van der Waals surface area contributed by atoms with E-state index in [4.69, 9.17) is 4.42 Å². The molecule has 2 aromatic rings. The number of furan rings is 1. The van der Waals surface area contributed by atoms with Crippen LogP contribution >= 0.6 is 0 Å². The first-order chi connectivity index (χ1) is 13.7. The summed E-state index contributed by atoms with van der Waals surface area (Å²) in [6.07, 6.45) is 6.93. The minimum atomic E-state index is -0.326. The molecule has 2 aliphatic rings. The fourth-order valence-corrected chi connectivity index (χ4v) is 4.02. The van der Waals surface area contributed by atoms with E-state index in [0.717, 1.165) is 24.5 Å². The second-order valence-corrected chi connectivity index (χ2v) is 7.69. The summed E-state index contributed by atoms with van der Waals surface area (Å²) in [4.78, 5) is 28.9. The van der Waals surface area contributed by atoms with Gasteiger partial charge in [0.2, 0.25) is 11.8 Å². The molecule has 0 saturated carbocycles. The lowest BCUT2D eigenvalue weighted by Gasteiger charge is -2.23. The smallest absolute Gasteiger partial charge is 0.229 e. The first-order valence-corrected chi connectivity index (χ1v) is 10.1. The molecule has 6 nitrogen and oxygen atoms in total. The summed E-state index contributed by atoms with van der Waals surface area (Å²) < 4.78 is 5.31. The molecule has 1 atom stereocenters. The summed E-state index contributed by atoms with van der Waals surface area (Å²) in [5.41, 5.74) is 1.99. The topological polar surface area (TPSA) is 65.8 Å². The van der Waals surface area contributed by atoms with E-state index in [-0.39, 0.29) is 24.2 Å². The third-order valence-corrected chi connectivity index (χ3v) is 5.62. The normalized spacial score (nSPS) is 20.3. The molecule has 1 unspecified atom stereocenters. The van der Waals surface area contributed by atoms with Crippen molar-refractivity contribution < 1.29 is 14.0 Å². The fourth-order valence-electron chi connectivity index (χ4n) is 4.02. The monoisotopic (exact) mass is 381 g/mol. The lowest BCUT2D eigenvalue weighted by atomic mass is 10.1. The van der Waals surface area contributed by atoms with Gasteiger partial charge in [0.15, 0.2) is 0 Å².